The van der Waals surface area contributed by atoms with Gasteiger partial charge >= 0.3 is 0 Å². The summed E-state index contributed by atoms with van der Waals surface area (Å²) in [5, 5.41) is 3.56. The maximum absolute atomic E-state index is 5.87. The standard InChI is InChI=1S/C15H24N2O2/c1-4-15(3)11-12(8-10-19-15)17-13-7-6-9-16-14(13)18-5-2/h6-7,9,12,17H,4-5,8,10-11H2,1-3H3. The van der Waals surface area contributed by atoms with Crippen molar-refractivity contribution in [1.29, 1.82) is 0 Å². The SMILES string of the molecule is CCOc1ncccc1NC1CCOC(C)(CC)C1. The van der Waals surface area contributed by atoms with Crippen LogP contribution in [0.5, 0.6) is 5.88 Å². The number of anilines is 1. The van der Waals surface area contributed by atoms with Crippen molar-refractivity contribution < 1.29 is 9.47 Å². The Bertz CT molecular complexity index is 411. The number of ether oxygens (including phenoxy) is 2. The second-order valence-corrected chi connectivity index (χ2v) is 5.28. The van der Waals surface area contributed by atoms with Crippen LogP contribution in [-0.2, 0) is 4.74 Å². The summed E-state index contributed by atoms with van der Waals surface area (Å²) in [7, 11) is 0. The molecule has 4 heteroatoms. The minimum atomic E-state index is -0.0100. The molecule has 0 spiro atoms. The number of hydrogen-bond donors (Lipinski definition) is 1. The second-order valence-electron chi connectivity index (χ2n) is 5.28. The van der Waals surface area contributed by atoms with Crippen molar-refractivity contribution in [2.24, 2.45) is 0 Å². The minimum absolute atomic E-state index is 0.0100. The van der Waals surface area contributed by atoms with E-state index in [0.29, 0.717) is 18.5 Å². The Balaban J connectivity index is 2.04. The molecule has 1 saturated heterocycles. The zero-order valence-corrected chi connectivity index (χ0v) is 12.1. The topological polar surface area (TPSA) is 43.4 Å². The van der Waals surface area contributed by atoms with Gasteiger partial charge in [-0.25, -0.2) is 4.98 Å². The summed E-state index contributed by atoms with van der Waals surface area (Å²) in [5.41, 5.74) is 0.971. The molecule has 0 saturated carbocycles. The number of pyridine rings is 1. The molecule has 0 bridgehead atoms. The lowest BCUT2D eigenvalue weighted by Crippen LogP contribution is -2.41. The third kappa shape index (κ3) is 3.60. The molecular weight excluding hydrogens is 240 g/mol. The summed E-state index contributed by atoms with van der Waals surface area (Å²) < 4.78 is 11.4. The predicted molar refractivity (Wildman–Crippen MR) is 76.7 cm³/mol. The number of aromatic nitrogens is 1. The molecule has 0 radical (unpaired) electrons. The molecule has 1 aromatic heterocycles. The van der Waals surface area contributed by atoms with Crippen molar-refractivity contribution in [3.63, 3.8) is 0 Å². The van der Waals surface area contributed by atoms with E-state index >= 15 is 0 Å². The monoisotopic (exact) mass is 264 g/mol. The molecule has 1 aliphatic rings. The smallest absolute Gasteiger partial charge is 0.237 e. The van der Waals surface area contributed by atoms with Crippen LogP contribution in [0.15, 0.2) is 18.3 Å². The molecule has 19 heavy (non-hydrogen) atoms. The van der Waals surface area contributed by atoms with Gasteiger partial charge in [0.2, 0.25) is 5.88 Å². The molecule has 2 unspecified atom stereocenters. The van der Waals surface area contributed by atoms with E-state index in [9.17, 15) is 0 Å². The first kappa shape index (κ1) is 14.1. The van der Waals surface area contributed by atoms with Gasteiger partial charge in [-0.2, -0.15) is 0 Å². The summed E-state index contributed by atoms with van der Waals surface area (Å²) in [6.07, 6.45) is 4.84. The highest BCUT2D eigenvalue weighted by atomic mass is 16.5. The quantitative estimate of drug-likeness (QED) is 0.886. The van der Waals surface area contributed by atoms with Crippen LogP contribution >= 0.6 is 0 Å². The Kier molecular flexibility index (Phi) is 4.64. The van der Waals surface area contributed by atoms with Crippen LogP contribution in [0.2, 0.25) is 0 Å². The summed E-state index contributed by atoms with van der Waals surface area (Å²) in [6, 6.07) is 4.38. The normalized spacial score (nSPS) is 27.0. The molecule has 0 aliphatic carbocycles. The molecule has 1 N–H and O–H groups in total. The summed E-state index contributed by atoms with van der Waals surface area (Å²) in [5.74, 6) is 0.690. The minimum Gasteiger partial charge on any atom is -0.476 e. The Hall–Kier alpha value is -1.29. The van der Waals surface area contributed by atoms with Crippen molar-refractivity contribution in [3.05, 3.63) is 18.3 Å². The van der Waals surface area contributed by atoms with Crippen LogP contribution in [0.25, 0.3) is 0 Å². The molecule has 2 heterocycles. The molecule has 1 aliphatic heterocycles. The molecule has 0 amide bonds. The molecule has 106 valence electrons. The molecule has 2 atom stereocenters. The van der Waals surface area contributed by atoms with E-state index in [4.69, 9.17) is 9.47 Å². The Labute approximate surface area is 115 Å². The van der Waals surface area contributed by atoms with Gasteiger partial charge in [0.05, 0.1) is 17.9 Å². The zero-order chi connectivity index (χ0) is 13.7. The fourth-order valence-electron chi connectivity index (χ4n) is 2.47. The third-order valence-electron chi connectivity index (χ3n) is 3.75. The van der Waals surface area contributed by atoms with Crippen LogP contribution in [0, 0.1) is 0 Å². The van der Waals surface area contributed by atoms with Gasteiger partial charge in [-0.1, -0.05) is 6.92 Å². The second kappa shape index (κ2) is 6.24. The Morgan fingerprint density at radius 2 is 2.37 bits per heavy atom. The first-order valence-electron chi connectivity index (χ1n) is 7.15. The first-order chi connectivity index (χ1) is 9.17. The fraction of sp³-hybridized carbons (Fsp3) is 0.667. The van der Waals surface area contributed by atoms with Crippen LogP contribution in [0.1, 0.15) is 40.0 Å². The molecule has 4 nitrogen and oxygen atoms in total. The number of rotatable bonds is 5. The average Bonchev–Trinajstić information content (AvgIpc) is 2.41. The average molecular weight is 264 g/mol. The Morgan fingerprint density at radius 3 is 3.11 bits per heavy atom. The highest BCUT2D eigenvalue weighted by Gasteiger charge is 2.31. The van der Waals surface area contributed by atoms with Crippen molar-refractivity contribution in [2.75, 3.05) is 18.5 Å². The molecule has 1 fully saturated rings. The van der Waals surface area contributed by atoms with Crippen molar-refractivity contribution >= 4 is 5.69 Å². The van der Waals surface area contributed by atoms with E-state index < -0.39 is 0 Å². The lowest BCUT2D eigenvalue weighted by molar-refractivity contribution is -0.0709. The lowest BCUT2D eigenvalue weighted by atomic mass is 9.90. The van der Waals surface area contributed by atoms with Crippen LogP contribution in [-0.4, -0.2) is 29.8 Å². The third-order valence-corrected chi connectivity index (χ3v) is 3.75. The Morgan fingerprint density at radius 1 is 1.53 bits per heavy atom. The molecule has 0 aromatic carbocycles. The number of nitrogens with one attached hydrogen (secondary N) is 1. The summed E-state index contributed by atoms with van der Waals surface area (Å²) in [4.78, 5) is 4.27. The van der Waals surface area contributed by atoms with Gasteiger partial charge in [0.1, 0.15) is 0 Å². The highest BCUT2D eigenvalue weighted by molar-refractivity contribution is 5.52. The number of hydrogen-bond acceptors (Lipinski definition) is 4. The number of nitrogens with zero attached hydrogens (tertiary/aromatic N) is 1. The van der Waals surface area contributed by atoms with Crippen molar-refractivity contribution in [1.82, 2.24) is 4.98 Å². The largest absolute Gasteiger partial charge is 0.476 e. The van der Waals surface area contributed by atoms with E-state index in [1.807, 2.05) is 19.1 Å². The van der Waals surface area contributed by atoms with Gasteiger partial charge in [-0.3, -0.25) is 0 Å². The predicted octanol–water partition coefficient (Wildman–Crippen LogP) is 3.24. The van der Waals surface area contributed by atoms with E-state index in [1.54, 1.807) is 6.20 Å². The van der Waals surface area contributed by atoms with Gasteiger partial charge in [0, 0.05) is 18.8 Å². The molecule has 2 rings (SSSR count). The van der Waals surface area contributed by atoms with Crippen LogP contribution < -0.4 is 10.1 Å². The van der Waals surface area contributed by atoms with Gasteiger partial charge in [-0.05, 0) is 45.2 Å². The highest BCUT2D eigenvalue weighted by Crippen LogP contribution is 2.31. The lowest BCUT2D eigenvalue weighted by Gasteiger charge is -2.38. The van der Waals surface area contributed by atoms with Gasteiger partial charge in [0.25, 0.3) is 0 Å². The van der Waals surface area contributed by atoms with Crippen LogP contribution in [0.4, 0.5) is 5.69 Å². The van der Waals surface area contributed by atoms with Gasteiger partial charge < -0.3 is 14.8 Å². The van der Waals surface area contributed by atoms with E-state index in [-0.39, 0.29) is 5.60 Å². The van der Waals surface area contributed by atoms with E-state index in [2.05, 4.69) is 24.1 Å². The summed E-state index contributed by atoms with van der Waals surface area (Å²) >= 11 is 0. The van der Waals surface area contributed by atoms with Gasteiger partial charge in [-0.15, -0.1) is 0 Å². The summed E-state index contributed by atoms with van der Waals surface area (Å²) in [6.45, 7) is 7.78. The fourth-order valence-corrected chi connectivity index (χ4v) is 2.47. The van der Waals surface area contributed by atoms with E-state index in [1.165, 1.54) is 0 Å². The molecular formula is C15H24N2O2. The molecule has 1 aromatic rings. The first-order valence-corrected chi connectivity index (χ1v) is 7.15. The van der Waals surface area contributed by atoms with Crippen molar-refractivity contribution in [3.8, 4) is 5.88 Å². The zero-order valence-electron chi connectivity index (χ0n) is 12.1. The van der Waals surface area contributed by atoms with Crippen LogP contribution in [0.3, 0.4) is 0 Å². The van der Waals surface area contributed by atoms with Gasteiger partial charge in [0.15, 0.2) is 0 Å². The van der Waals surface area contributed by atoms with Crippen molar-refractivity contribution in [2.45, 2.75) is 51.7 Å². The van der Waals surface area contributed by atoms with E-state index in [0.717, 1.165) is 31.6 Å². The maximum atomic E-state index is 5.87. The maximum Gasteiger partial charge on any atom is 0.237 e.